The highest BCUT2D eigenvalue weighted by Crippen LogP contribution is 2.39. The van der Waals surface area contributed by atoms with E-state index in [0.29, 0.717) is 67.6 Å². The van der Waals surface area contributed by atoms with Crippen molar-refractivity contribution in [3.05, 3.63) is 74.3 Å². The number of aromatic nitrogens is 2. The number of pyridine rings is 2. The fraction of sp³-hybridized carbons (Fsp3) is 0.488. The second-order valence-electron chi connectivity index (χ2n) is 15.7. The molecule has 60 heavy (non-hydrogen) atoms. The van der Waals surface area contributed by atoms with E-state index in [1.807, 2.05) is 6.07 Å². The lowest BCUT2D eigenvalue weighted by atomic mass is 9.86. The first kappa shape index (κ1) is 43.8. The van der Waals surface area contributed by atoms with E-state index in [0.717, 1.165) is 21.4 Å². The number of carbonyl (C=O) groups excluding carboxylic acids is 6. The fourth-order valence-electron chi connectivity index (χ4n) is 7.80. The molecule has 3 aliphatic rings. The predicted molar refractivity (Wildman–Crippen MR) is 215 cm³/mol. The minimum atomic E-state index is -1.95. The molecule has 0 bridgehead atoms. The normalized spacial score (nSPS) is 17.1. The van der Waals surface area contributed by atoms with Gasteiger partial charge in [0.1, 0.15) is 25.2 Å². The van der Waals surface area contributed by atoms with Crippen LogP contribution in [-0.4, -0.2) is 87.5 Å². The Kier molecular flexibility index (Phi) is 13.6. The molecule has 4 N–H and O–H groups in total. The van der Waals surface area contributed by atoms with Crippen LogP contribution in [0.1, 0.15) is 93.5 Å². The average Bonchev–Trinajstić information content (AvgIpc) is 3.74. The second kappa shape index (κ2) is 18.6. The number of carbonyl (C=O) groups is 6. The Labute approximate surface area is 345 Å². The van der Waals surface area contributed by atoms with Crippen LogP contribution < -0.4 is 21.5 Å². The number of aryl methyl sites for hydroxylation is 1. The zero-order valence-electron chi connectivity index (χ0n) is 34.3. The molecule has 2 atom stereocenters. The number of imide groups is 1. The number of esters is 1. The maximum absolute atomic E-state index is 15.3. The highest BCUT2D eigenvalue weighted by atomic mass is 19.1. The predicted octanol–water partition coefficient (Wildman–Crippen LogP) is 2.68. The van der Waals surface area contributed by atoms with Crippen LogP contribution in [0.15, 0.2) is 35.1 Å². The van der Waals surface area contributed by atoms with Crippen LogP contribution in [0.4, 0.5) is 4.39 Å². The number of amides is 5. The quantitative estimate of drug-likeness (QED) is 0.0467. The maximum Gasteiger partial charge on any atom is 0.343 e. The van der Waals surface area contributed by atoms with E-state index >= 15 is 4.39 Å². The van der Waals surface area contributed by atoms with Crippen LogP contribution in [-0.2, 0) is 63.4 Å². The van der Waals surface area contributed by atoms with Crippen LogP contribution in [0, 0.1) is 18.7 Å². The van der Waals surface area contributed by atoms with Gasteiger partial charge in [0.2, 0.25) is 17.7 Å². The molecule has 0 saturated heterocycles. The van der Waals surface area contributed by atoms with E-state index < -0.39 is 35.2 Å². The first-order chi connectivity index (χ1) is 28.6. The van der Waals surface area contributed by atoms with Crippen LogP contribution in [0.3, 0.4) is 0 Å². The molecule has 3 aliphatic heterocycles. The summed E-state index contributed by atoms with van der Waals surface area (Å²) in [5.74, 6) is -3.43. The third-order valence-corrected chi connectivity index (χ3v) is 11.4. The molecule has 5 amide bonds. The van der Waals surface area contributed by atoms with Crippen molar-refractivity contribution in [1.29, 1.82) is 0 Å². The minimum Gasteiger partial charge on any atom is -0.458 e. The fourth-order valence-corrected chi connectivity index (χ4v) is 7.80. The van der Waals surface area contributed by atoms with E-state index in [4.69, 9.17) is 14.5 Å². The summed E-state index contributed by atoms with van der Waals surface area (Å²) in [5, 5.41) is 19.8. The minimum absolute atomic E-state index is 0.0238. The van der Waals surface area contributed by atoms with E-state index in [9.17, 15) is 38.7 Å². The SMILES string of the molecule is CC[C@@]1(O)C(=O)OCc2c1cc1n(c2=O)Cc2cc3c(CCCCOCNC(=O)CNC(=O)[C@@H](NC(=O)CCCCCN4C(=O)C=CC4=O)C(C)C)c(C)c(F)cc3nc2-1. The highest BCUT2D eigenvalue weighted by Gasteiger charge is 2.45. The largest absolute Gasteiger partial charge is 0.458 e. The van der Waals surface area contributed by atoms with Gasteiger partial charge in [-0.05, 0) is 74.6 Å². The van der Waals surface area contributed by atoms with Crippen LogP contribution in [0.5, 0.6) is 0 Å². The first-order valence-electron chi connectivity index (χ1n) is 20.4. The molecular weight excluding hydrogens is 780 g/mol. The summed E-state index contributed by atoms with van der Waals surface area (Å²) in [4.78, 5) is 93.1. The van der Waals surface area contributed by atoms with Gasteiger partial charge in [-0.15, -0.1) is 0 Å². The van der Waals surface area contributed by atoms with Gasteiger partial charge in [0.15, 0.2) is 5.60 Å². The van der Waals surface area contributed by atoms with Crippen molar-refractivity contribution in [3.8, 4) is 11.4 Å². The van der Waals surface area contributed by atoms with Crippen LogP contribution >= 0.6 is 0 Å². The Bertz CT molecular complexity index is 2310. The monoisotopic (exact) mass is 830 g/mol. The lowest BCUT2D eigenvalue weighted by Gasteiger charge is -2.31. The molecule has 5 heterocycles. The Balaban J connectivity index is 0.934. The number of fused-ring (bicyclic) bond motifs is 5. The van der Waals surface area contributed by atoms with Gasteiger partial charge in [0.05, 0.1) is 35.6 Å². The molecule has 0 fully saturated rings. The smallest absolute Gasteiger partial charge is 0.343 e. The second-order valence-corrected chi connectivity index (χ2v) is 15.7. The third kappa shape index (κ3) is 9.16. The number of hydrogen-bond donors (Lipinski definition) is 4. The van der Waals surface area contributed by atoms with Crippen molar-refractivity contribution in [3.63, 3.8) is 0 Å². The molecule has 17 heteroatoms. The van der Waals surface area contributed by atoms with Crippen molar-refractivity contribution in [2.24, 2.45) is 5.92 Å². The number of cyclic esters (lactones) is 1. The highest BCUT2D eigenvalue weighted by molar-refractivity contribution is 6.12. The maximum atomic E-state index is 15.3. The lowest BCUT2D eigenvalue weighted by molar-refractivity contribution is -0.172. The Hall–Kier alpha value is -5.81. The Morgan fingerprint density at radius 2 is 1.75 bits per heavy atom. The molecular formula is C43H51FN6O10. The molecule has 0 aliphatic carbocycles. The topological polar surface area (TPSA) is 215 Å². The molecule has 6 rings (SSSR count). The molecule has 3 aromatic rings. The number of rotatable bonds is 19. The number of ether oxygens (including phenoxy) is 2. The van der Waals surface area contributed by atoms with Gasteiger partial charge < -0.3 is 35.1 Å². The number of hydrogen-bond acceptors (Lipinski definition) is 11. The van der Waals surface area contributed by atoms with Gasteiger partial charge in [-0.1, -0.05) is 27.2 Å². The molecule has 0 saturated carbocycles. The van der Waals surface area contributed by atoms with Crippen LogP contribution in [0.25, 0.3) is 22.3 Å². The molecule has 0 unspecified atom stereocenters. The Morgan fingerprint density at radius 3 is 2.47 bits per heavy atom. The van der Waals surface area contributed by atoms with Crippen molar-refractivity contribution in [2.45, 2.75) is 104 Å². The standard InChI is InChI=1S/C43H51FN6O10/c1-5-43(58)30-18-33-39-26(21-50(33)41(56)29(30)22-60-42(43)57)17-28-27(25(4)31(44)19-32(28)47-39)11-8-10-16-59-23-46-35(52)20-45-40(55)38(24(2)3)48-34(51)12-7-6-9-15-49-36(53)13-14-37(49)54/h13-14,17-19,24,38,58H,5-12,15-16,20-23H2,1-4H3,(H,45,55)(H,46,52)(H,48,51)/t38-,43-/m0/s1. The van der Waals surface area contributed by atoms with E-state index in [2.05, 4.69) is 16.0 Å². The molecule has 0 radical (unpaired) electrons. The summed E-state index contributed by atoms with van der Waals surface area (Å²) in [7, 11) is 0. The van der Waals surface area contributed by atoms with Gasteiger partial charge in [-0.25, -0.2) is 14.2 Å². The number of nitrogens with zero attached hydrogens (tertiary/aromatic N) is 3. The summed E-state index contributed by atoms with van der Waals surface area (Å²) in [6, 6.07) is 4.07. The molecule has 320 valence electrons. The number of aliphatic hydroxyl groups is 1. The van der Waals surface area contributed by atoms with Crippen molar-refractivity contribution >= 4 is 46.4 Å². The number of benzene rings is 1. The summed E-state index contributed by atoms with van der Waals surface area (Å²) in [6.45, 7) is 7.08. The summed E-state index contributed by atoms with van der Waals surface area (Å²) in [5.41, 5.74) is 1.50. The molecule has 16 nitrogen and oxygen atoms in total. The van der Waals surface area contributed by atoms with Gasteiger partial charge >= 0.3 is 5.97 Å². The third-order valence-electron chi connectivity index (χ3n) is 11.4. The van der Waals surface area contributed by atoms with Crippen molar-refractivity contribution in [1.82, 2.24) is 30.4 Å². The van der Waals surface area contributed by atoms with Gasteiger partial charge in [-0.2, -0.15) is 0 Å². The number of halogens is 1. The number of nitrogens with one attached hydrogen (secondary N) is 3. The molecule has 0 spiro atoms. The van der Waals surface area contributed by atoms with Gasteiger partial charge in [0, 0.05) is 54.3 Å². The van der Waals surface area contributed by atoms with Crippen molar-refractivity contribution in [2.75, 3.05) is 26.4 Å². The first-order valence-corrected chi connectivity index (χ1v) is 20.4. The average molecular weight is 831 g/mol. The molecule has 1 aromatic carbocycles. The van der Waals surface area contributed by atoms with E-state index in [1.54, 1.807) is 38.3 Å². The summed E-state index contributed by atoms with van der Waals surface area (Å²) < 4.78 is 27.6. The lowest BCUT2D eigenvalue weighted by Crippen LogP contribution is -2.51. The molecule has 2 aromatic heterocycles. The van der Waals surface area contributed by atoms with Crippen LogP contribution in [0.2, 0.25) is 0 Å². The summed E-state index contributed by atoms with van der Waals surface area (Å²) >= 11 is 0. The zero-order chi connectivity index (χ0) is 43.3. The zero-order valence-corrected chi connectivity index (χ0v) is 34.3. The van der Waals surface area contributed by atoms with E-state index in [1.165, 1.54) is 18.2 Å². The van der Waals surface area contributed by atoms with Gasteiger partial charge in [0.25, 0.3) is 17.4 Å². The van der Waals surface area contributed by atoms with Crippen molar-refractivity contribution < 1.29 is 47.7 Å². The van der Waals surface area contributed by atoms with E-state index in [-0.39, 0.29) is 86.1 Å². The number of unbranched alkanes of at least 4 members (excludes halogenated alkanes) is 3. The summed E-state index contributed by atoms with van der Waals surface area (Å²) in [6.07, 6.45) is 6.10. The van der Waals surface area contributed by atoms with Gasteiger partial charge in [-0.3, -0.25) is 33.7 Å². The Morgan fingerprint density at radius 1 is 1.00 bits per heavy atom.